The van der Waals surface area contributed by atoms with E-state index in [1.807, 2.05) is 0 Å². The first-order valence-electron chi connectivity index (χ1n) is 5.87. The van der Waals surface area contributed by atoms with E-state index in [-0.39, 0.29) is 24.4 Å². The number of aliphatic hydroxyl groups is 1. The molecular weight excluding hydrogens is 260 g/mol. The summed E-state index contributed by atoms with van der Waals surface area (Å²) in [5.41, 5.74) is 0. The molecule has 0 bridgehead atoms. The Hall–Kier alpha value is -0.400. The van der Waals surface area contributed by atoms with Crippen LogP contribution in [0.2, 0.25) is 0 Å². The van der Waals surface area contributed by atoms with E-state index >= 15 is 0 Å². The van der Waals surface area contributed by atoms with E-state index in [2.05, 4.69) is 5.32 Å². The Morgan fingerprint density at radius 3 is 2.28 bits per heavy atom. The van der Waals surface area contributed by atoms with E-state index in [1.54, 1.807) is 19.1 Å². The third-order valence-electron chi connectivity index (χ3n) is 2.85. The number of hydrogen-bond acceptors (Lipinski definition) is 5. The van der Waals surface area contributed by atoms with Crippen molar-refractivity contribution >= 4 is 18.3 Å². The highest BCUT2D eigenvalue weighted by atomic mass is 35.5. The van der Waals surface area contributed by atoms with E-state index in [4.69, 9.17) is 9.47 Å². The van der Waals surface area contributed by atoms with Crippen LogP contribution in [0.3, 0.4) is 0 Å². The maximum Gasteiger partial charge on any atom is 0.239 e. The zero-order chi connectivity index (χ0) is 12.7. The van der Waals surface area contributed by atoms with Crippen LogP contribution in [-0.4, -0.2) is 75.1 Å². The lowest BCUT2D eigenvalue weighted by molar-refractivity contribution is -0.134. The number of aliphatic hydroxyl groups excluding tert-OH is 1. The smallest absolute Gasteiger partial charge is 0.239 e. The quantitative estimate of drug-likeness (QED) is 0.643. The van der Waals surface area contributed by atoms with Crippen molar-refractivity contribution in [1.82, 2.24) is 10.2 Å². The molecule has 1 rings (SSSR count). The molecule has 1 amide bonds. The van der Waals surface area contributed by atoms with Gasteiger partial charge < -0.3 is 24.8 Å². The lowest BCUT2D eigenvalue weighted by Crippen LogP contribution is -2.46. The number of amides is 1. The molecule has 1 saturated heterocycles. The average Bonchev–Trinajstić information content (AvgIpc) is 2.75. The van der Waals surface area contributed by atoms with Crippen LogP contribution in [0.4, 0.5) is 0 Å². The number of nitrogens with one attached hydrogen (secondary N) is 1. The normalized spacial score (nSPS) is 22.6. The molecule has 7 heteroatoms. The number of ether oxygens (including phenoxy) is 2. The molecule has 0 aromatic rings. The maximum atomic E-state index is 12.1. The fourth-order valence-corrected chi connectivity index (χ4v) is 1.86. The molecule has 108 valence electrons. The van der Waals surface area contributed by atoms with E-state index in [9.17, 15) is 9.90 Å². The van der Waals surface area contributed by atoms with Gasteiger partial charge in [-0.2, -0.15) is 0 Å². The molecule has 0 aromatic carbocycles. The summed E-state index contributed by atoms with van der Waals surface area (Å²) in [6.45, 7) is 2.59. The van der Waals surface area contributed by atoms with Gasteiger partial charge in [0, 0.05) is 33.9 Å². The Balaban J connectivity index is 0.00000289. The van der Waals surface area contributed by atoms with Gasteiger partial charge in [-0.25, -0.2) is 0 Å². The van der Waals surface area contributed by atoms with Crippen molar-refractivity contribution < 1.29 is 19.4 Å². The number of nitrogens with zero attached hydrogens (tertiary/aromatic N) is 1. The molecule has 1 heterocycles. The zero-order valence-corrected chi connectivity index (χ0v) is 11.7. The Morgan fingerprint density at radius 2 is 1.89 bits per heavy atom. The molecular formula is C11H23ClN2O4. The number of carbonyl (C=O) groups excluding carboxylic acids is 1. The highest BCUT2D eigenvalue weighted by Crippen LogP contribution is 2.09. The van der Waals surface area contributed by atoms with Gasteiger partial charge in [-0.1, -0.05) is 0 Å². The summed E-state index contributed by atoms with van der Waals surface area (Å²) in [4.78, 5) is 13.9. The van der Waals surface area contributed by atoms with Crippen molar-refractivity contribution in [3.63, 3.8) is 0 Å². The van der Waals surface area contributed by atoms with Gasteiger partial charge >= 0.3 is 0 Å². The summed E-state index contributed by atoms with van der Waals surface area (Å²) in [6.07, 6.45) is 0.0608. The monoisotopic (exact) mass is 282 g/mol. The van der Waals surface area contributed by atoms with Gasteiger partial charge in [0.25, 0.3) is 0 Å². The zero-order valence-electron chi connectivity index (χ0n) is 10.9. The third kappa shape index (κ3) is 5.49. The highest BCUT2D eigenvalue weighted by Gasteiger charge is 2.30. The minimum atomic E-state index is -0.421. The highest BCUT2D eigenvalue weighted by molar-refractivity contribution is 5.85. The molecule has 0 aromatic heterocycles. The SMILES string of the molecule is COCCN(CCOC)C(=O)C1CC(O)CN1.Cl. The van der Waals surface area contributed by atoms with Gasteiger partial charge in [-0.15, -0.1) is 12.4 Å². The topological polar surface area (TPSA) is 71.0 Å². The molecule has 1 fully saturated rings. The van der Waals surface area contributed by atoms with Crippen LogP contribution >= 0.6 is 12.4 Å². The fraction of sp³-hybridized carbons (Fsp3) is 0.909. The molecule has 6 nitrogen and oxygen atoms in total. The minimum absolute atomic E-state index is 0. The lowest BCUT2D eigenvalue weighted by atomic mass is 10.2. The Morgan fingerprint density at radius 1 is 1.33 bits per heavy atom. The van der Waals surface area contributed by atoms with Crippen molar-refractivity contribution in [2.45, 2.75) is 18.6 Å². The molecule has 2 N–H and O–H groups in total. The number of methoxy groups -OCH3 is 2. The molecule has 0 radical (unpaired) electrons. The van der Waals surface area contributed by atoms with Crippen LogP contribution in [0, 0.1) is 0 Å². The second-order valence-corrected chi connectivity index (χ2v) is 4.16. The van der Waals surface area contributed by atoms with Crippen molar-refractivity contribution in [1.29, 1.82) is 0 Å². The molecule has 2 atom stereocenters. The summed E-state index contributed by atoms with van der Waals surface area (Å²) < 4.78 is 9.96. The van der Waals surface area contributed by atoms with Gasteiger partial charge in [-0.3, -0.25) is 4.79 Å². The molecule has 0 saturated carbocycles. The average molecular weight is 283 g/mol. The first kappa shape index (κ1) is 17.6. The summed E-state index contributed by atoms with van der Waals surface area (Å²) in [6, 6.07) is -0.279. The molecule has 0 aliphatic carbocycles. The molecule has 1 aliphatic rings. The van der Waals surface area contributed by atoms with Crippen LogP contribution in [0.15, 0.2) is 0 Å². The number of halogens is 1. The van der Waals surface area contributed by atoms with Gasteiger partial charge in [0.2, 0.25) is 5.91 Å². The van der Waals surface area contributed by atoms with E-state index in [0.717, 1.165) is 0 Å². The van der Waals surface area contributed by atoms with Gasteiger partial charge in [-0.05, 0) is 6.42 Å². The number of carbonyl (C=O) groups is 1. The predicted molar refractivity (Wildman–Crippen MR) is 70.0 cm³/mol. The van der Waals surface area contributed by atoms with Crippen molar-refractivity contribution in [2.75, 3.05) is 47.1 Å². The van der Waals surface area contributed by atoms with Gasteiger partial charge in [0.1, 0.15) is 0 Å². The summed E-state index contributed by atoms with van der Waals surface area (Å²) in [5, 5.41) is 12.4. The van der Waals surface area contributed by atoms with Crippen molar-refractivity contribution in [3.05, 3.63) is 0 Å². The minimum Gasteiger partial charge on any atom is -0.392 e. The van der Waals surface area contributed by atoms with Gasteiger partial charge in [0.05, 0.1) is 25.4 Å². The number of hydrogen-bond donors (Lipinski definition) is 2. The molecule has 18 heavy (non-hydrogen) atoms. The Labute approximate surface area is 114 Å². The first-order valence-corrected chi connectivity index (χ1v) is 5.87. The van der Waals surface area contributed by atoms with Crippen LogP contribution in [-0.2, 0) is 14.3 Å². The molecule has 1 aliphatic heterocycles. The molecule has 0 spiro atoms. The van der Waals surface area contributed by atoms with Crippen LogP contribution in [0.1, 0.15) is 6.42 Å². The largest absolute Gasteiger partial charge is 0.392 e. The van der Waals surface area contributed by atoms with Crippen molar-refractivity contribution in [3.8, 4) is 0 Å². The maximum absolute atomic E-state index is 12.1. The van der Waals surface area contributed by atoms with E-state index < -0.39 is 6.10 Å². The number of β-amino-alcohol motifs (C(OH)–C–C–N with tert-alkyl or cyclic N) is 1. The second kappa shape index (κ2) is 9.52. The van der Waals surface area contributed by atoms with Crippen LogP contribution in [0.25, 0.3) is 0 Å². The molecule has 2 unspecified atom stereocenters. The summed E-state index contributed by atoms with van der Waals surface area (Å²) in [5.74, 6) is 0.00986. The van der Waals surface area contributed by atoms with Gasteiger partial charge in [0.15, 0.2) is 0 Å². The van der Waals surface area contributed by atoms with Crippen molar-refractivity contribution in [2.24, 2.45) is 0 Å². The fourth-order valence-electron chi connectivity index (χ4n) is 1.86. The standard InChI is InChI=1S/C11H22N2O4.ClH/c1-16-5-3-13(4-6-17-2)11(15)10-7-9(14)8-12-10;/h9-10,12,14H,3-8H2,1-2H3;1H. The van der Waals surface area contributed by atoms with E-state index in [1.165, 1.54) is 0 Å². The Bertz CT molecular complexity index is 235. The van der Waals surface area contributed by atoms with Crippen LogP contribution < -0.4 is 5.32 Å². The third-order valence-corrected chi connectivity index (χ3v) is 2.85. The lowest BCUT2D eigenvalue weighted by Gasteiger charge is -2.25. The number of rotatable bonds is 7. The first-order chi connectivity index (χ1) is 8.19. The predicted octanol–water partition coefficient (Wildman–Crippen LogP) is -0.748. The summed E-state index contributed by atoms with van der Waals surface area (Å²) >= 11 is 0. The Kier molecular flexibility index (Phi) is 9.31. The second-order valence-electron chi connectivity index (χ2n) is 4.16. The van der Waals surface area contributed by atoms with Crippen LogP contribution in [0.5, 0.6) is 0 Å². The van der Waals surface area contributed by atoms with E-state index in [0.29, 0.717) is 39.3 Å². The summed E-state index contributed by atoms with van der Waals surface area (Å²) in [7, 11) is 3.22.